The molecule has 0 bridgehead atoms. The van der Waals surface area contributed by atoms with Crippen LogP contribution in [0.4, 0.5) is 0 Å². The Morgan fingerprint density at radius 3 is 2.95 bits per heavy atom. The Balaban J connectivity index is 1.76. The molecule has 0 aromatic carbocycles. The molecule has 0 aliphatic heterocycles. The zero-order valence-electron chi connectivity index (χ0n) is 11.8. The van der Waals surface area contributed by atoms with Gasteiger partial charge in [-0.25, -0.2) is 0 Å². The zero-order valence-corrected chi connectivity index (χ0v) is 13.4. The number of aryl methyl sites for hydroxylation is 1. The normalized spacial score (nSPS) is 12.0. The van der Waals surface area contributed by atoms with Gasteiger partial charge >= 0.3 is 0 Å². The third-order valence-corrected chi connectivity index (χ3v) is 3.85. The van der Waals surface area contributed by atoms with Crippen molar-refractivity contribution in [1.29, 1.82) is 0 Å². The van der Waals surface area contributed by atoms with Crippen molar-refractivity contribution >= 4 is 28.8 Å². The van der Waals surface area contributed by atoms with Gasteiger partial charge in [0.2, 0.25) is 5.88 Å². The van der Waals surface area contributed by atoms with Crippen LogP contribution < -0.4 is 10.1 Å². The van der Waals surface area contributed by atoms with E-state index < -0.39 is 0 Å². The molecule has 0 aliphatic rings. The maximum Gasteiger partial charge on any atom is 0.258 e. The number of carbonyl (C=O) groups excluding carboxylic acids is 1. The lowest BCUT2D eigenvalue weighted by atomic mass is 10.2. The van der Waals surface area contributed by atoms with Crippen molar-refractivity contribution in [2.24, 2.45) is 0 Å². The highest BCUT2D eigenvalue weighted by atomic mass is 35.5. The Labute approximate surface area is 132 Å². The summed E-state index contributed by atoms with van der Waals surface area (Å²) in [6.45, 7) is 3.92. The molecule has 0 aliphatic carbocycles. The summed E-state index contributed by atoms with van der Waals surface area (Å²) in [6.07, 6.45) is 3.62. The third kappa shape index (κ3) is 5.32. The van der Waals surface area contributed by atoms with Crippen LogP contribution in [0, 0.1) is 6.92 Å². The Bertz CT molecular complexity index is 618. The number of carbonyl (C=O) groups is 1. The van der Waals surface area contributed by atoms with Crippen molar-refractivity contribution in [2.45, 2.75) is 26.3 Å². The molecule has 1 amide bonds. The van der Waals surface area contributed by atoms with Gasteiger partial charge in [0.05, 0.1) is 12.4 Å². The number of ether oxygens (including phenoxy) is 1. The summed E-state index contributed by atoms with van der Waals surface area (Å²) in [5.41, 5.74) is 0. The van der Waals surface area contributed by atoms with Crippen molar-refractivity contribution in [3.05, 3.63) is 39.4 Å². The van der Waals surface area contributed by atoms with Crippen LogP contribution in [-0.4, -0.2) is 28.5 Å². The molecule has 7 heteroatoms. The number of aromatic nitrogens is 2. The van der Waals surface area contributed by atoms with Crippen molar-refractivity contribution < 1.29 is 9.53 Å². The molecule has 1 atom stereocenters. The second kappa shape index (κ2) is 7.38. The van der Waals surface area contributed by atoms with Gasteiger partial charge in [-0.3, -0.25) is 9.78 Å². The van der Waals surface area contributed by atoms with Gasteiger partial charge in [0.25, 0.3) is 5.91 Å². The van der Waals surface area contributed by atoms with Crippen LogP contribution in [0.5, 0.6) is 5.88 Å². The number of amides is 1. The average molecular weight is 326 g/mol. The Morgan fingerprint density at radius 1 is 1.48 bits per heavy atom. The molecule has 5 nitrogen and oxygen atoms in total. The summed E-state index contributed by atoms with van der Waals surface area (Å²) in [6, 6.07) is 4.21. The molecule has 0 spiro atoms. The van der Waals surface area contributed by atoms with E-state index in [0.29, 0.717) is 0 Å². The molecule has 0 fully saturated rings. The van der Waals surface area contributed by atoms with E-state index in [4.69, 9.17) is 16.3 Å². The predicted molar refractivity (Wildman–Crippen MR) is 82.9 cm³/mol. The number of hydrogen-bond acceptors (Lipinski definition) is 5. The third-order valence-electron chi connectivity index (χ3n) is 2.64. The predicted octanol–water partition coefficient (Wildman–Crippen LogP) is 2.63. The van der Waals surface area contributed by atoms with Crippen LogP contribution in [-0.2, 0) is 11.2 Å². The number of rotatable bonds is 6. The Kier molecular flexibility index (Phi) is 5.52. The number of halogens is 1. The van der Waals surface area contributed by atoms with Gasteiger partial charge in [-0.15, -0.1) is 11.3 Å². The molecule has 0 unspecified atom stereocenters. The molecule has 0 saturated carbocycles. The summed E-state index contributed by atoms with van der Waals surface area (Å²) in [5, 5.41) is 3.11. The molecule has 21 heavy (non-hydrogen) atoms. The van der Waals surface area contributed by atoms with Gasteiger partial charge in [-0.1, -0.05) is 11.6 Å². The summed E-state index contributed by atoms with van der Waals surface area (Å²) in [4.78, 5) is 22.0. The van der Waals surface area contributed by atoms with Crippen LogP contribution in [0.1, 0.15) is 16.7 Å². The van der Waals surface area contributed by atoms with Gasteiger partial charge in [-0.05, 0) is 26.0 Å². The van der Waals surface area contributed by atoms with E-state index in [2.05, 4.69) is 34.3 Å². The first kappa shape index (κ1) is 15.7. The summed E-state index contributed by atoms with van der Waals surface area (Å²) in [7, 11) is 0. The number of hydrogen-bond donors (Lipinski definition) is 1. The Hall–Kier alpha value is -1.66. The number of thiophene rings is 1. The highest BCUT2D eigenvalue weighted by Crippen LogP contribution is 2.16. The van der Waals surface area contributed by atoms with E-state index in [1.165, 1.54) is 22.1 Å². The monoisotopic (exact) mass is 325 g/mol. The topological polar surface area (TPSA) is 64.1 Å². The van der Waals surface area contributed by atoms with Crippen molar-refractivity contribution in [3.8, 4) is 5.88 Å². The maximum absolute atomic E-state index is 11.8. The fourth-order valence-electron chi connectivity index (χ4n) is 1.80. The number of nitrogens with zero attached hydrogens (tertiary/aromatic N) is 2. The van der Waals surface area contributed by atoms with Crippen LogP contribution in [0.2, 0.25) is 5.15 Å². The smallest absolute Gasteiger partial charge is 0.258 e. The molecule has 2 rings (SSSR count). The van der Waals surface area contributed by atoms with E-state index in [9.17, 15) is 4.79 Å². The molecule has 2 aromatic heterocycles. The van der Waals surface area contributed by atoms with E-state index in [1.807, 2.05) is 6.92 Å². The van der Waals surface area contributed by atoms with Crippen LogP contribution in [0.25, 0.3) is 0 Å². The molecular formula is C14H16ClN3O2S. The van der Waals surface area contributed by atoms with Crippen LogP contribution in [0.15, 0.2) is 24.5 Å². The molecular weight excluding hydrogens is 310 g/mol. The lowest BCUT2D eigenvalue weighted by molar-refractivity contribution is -0.123. The maximum atomic E-state index is 11.8. The SMILES string of the molecule is Cc1ccc(C[C@@H](C)NC(=O)COc2cncc(Cl)n2)s1. The fourth-order valence-corrected chi connectivity index (χ4v) is 2.96. The Morgan fingerprint density at radius 2 is 2.29 bits per heavy atom. The minimum atomic E-state index is -0.197. The largest absolute Gasteiger partial charge is 0.466 e. The van der Waals surface area contributed by atoms with E-state index in [1.54, 1.807) is 11.3 Å². The molecule has 0 saturated heterocycles. The first-order valence-electron chi connectivity index (χ1n) is 6.48. The average Bonchev–Trinajstić information content (AvgIpc) is 2.81. The van der Waals surface area contributed by atoms with Crippen molar-refractivity contribution in [3.63, 3.8) is 0 Å². The first-order chi connectivity index (χ1) is 10.0. The second-order valence-electron chi connectivity index (χ2n) is 4.65. The minimum Gasteiger partial charge on any atom is -0.466 e. The van der Waals surface area contributed by atoms with Crippen molar-refractivity contribution in [2.75, 3.05) is 6.61 Å². The fraction of sp³-hybridized carbons (Fsp3) is 0.357. The van der Waals surface area contributed by atoms with Crippen LogP contribution in [0.3, 0.4) is 0 Å². The second-order valence-corrected chi connectivity index (χ2v) is 6.41. The van der Waals surface area contributed by atoms with Crippen LogP contribution >= 0.6 is 22.9 Å². The molecule has 0 radical (unpaired) electrons. The van der Waals surface area contributed by atoms with E-state index in [0.717, 1.165) is 6.42 Å². The molecule has 2 aromatic rings. The van der Waals surface area contributed by atoms with Gasteiger partial charge in [-0.2, -0.15) is 4.98 Å². The number of nitrogens with one attached hydrogen (secondary N) is 1. The summed E-state index contributed by atoms with van der Waals surface area (Å²) < 4.78 is 5.24. The highest BCUT2D eigenvalue weighted by Gasteiger charge is 2.10. The van der Waals surface area contributed by atoms with Gasteiger partial charge < -0.3 is 10.1 Å². The standard InChI is InChI=1S/C14H16ClN3O2S/c1-9(5-11-4-3-10(2)21-11)17-13(19)8-20-14-7-16-6-12(15)18-14/h3-4,6-7,9H,5,8H2,1-2H3,(H,17,19)/t9-/m1/s1. The quantitative estimate of drug-likeness (QED) is 0.886. The lowest BCUT2D eigenvalue weighted by Crippen LogP contribution is -2.37. The zero-order chi connectivity index (χ0) is 15.2. The lowest BCUT2D eigenvalue weighted by Gasteiger charge is -2.13. The molecule has 2 heterocycles. The highest BCUT2D eigenvalue weighted by molar-refractivity contribution is 7.11. The van der Waals surface area contributed by atoms with Gasteiger partial charge in [0.15, 0.2) is 11.8 Å². The van der Waals surface area contributed by atoms with Gasteiger partial charge in [0, 0.05) is 22.2 Å². The van der Waals surface area contributed by atoms with Gasteiger partial charge in [0.1, 0.15) is 0 Å². The molecule has 112 valence electrons. The first-order valence-corrected chi connectivity index (χ1v) is 7.67. The van der Waals surface area contributed by atoms with E-state index >= 15 is 0 Å². The summed E-state index contributed by atoms with van der Waals surface area (Å²) >= 11 is 7.42. The van der Waals surface area contributed by atoms with E-state index in [-0.39, 0.29) is 29.6 Å². The van der Waals surface area contributed by atoms with Crippen molar-refractivity contribution in [1.82, 2.24) is 15.3 Å². The molecule has 1 N–H and O–H groups in total. The summed E-state index contributed by atoms with van der Waals surface area (Å²) in [5.74, 6) is 0.0386. The minimum absolute atomic E-state index is 0.0459.